The van der Waals surface area contributed by atoms with Crippen molar-refractivity contribution in [3.05, 3.63) is 35.6 Å². The van der Waals surface area contributed by atoms with Gasteiger partial charge in [-0.15, -0.1) is 0 Å². The Balaban J connectivity index is 2.01. The molecule has 1 aliphatic heterocycles. The van der Waals surface area contributed by atoms with Crippen molar-refractivity contribution in [3.63, 3.8) is 0 Å². The second kappa shape index (κ2) is 5.18. The summed E-state index contributed by atoms with van der Waals surface area (Å²) in [5.41, 5.74) is 1.38. The highest BCUT2D eigenvalue weighted by Gasteiger charge is 2.35. The first kappa shape index (κ1) is 12.6. The normalized spacial score (nSPS) is 24.5. The summed E-state index contributed by atoms with van der Waals surface area (Å²) in [7, 11) is 0. The molecule has 1 fully saturated rings. The van der Waals surface area contributed by atoms with Gasteiger partial charge in [0.1, 0.15) is 5.82 Å². The summed E-state index contributed by atoms with van der Waals surface area (Å²) in [6, 6.07) is 6.99. The van der Waals surface area contributed by atoms with Gasteiger partial charge in [-0.2, -0.15) is 0 Å². The van der Waals surface area contributed by atoms with Crippen LogP contribution in [0.25, 0.3) is 0 Å². The van der Waals surface area contributed by atoms with Crippen molar-refractivity contribution in [2.24, 2.45) is 5.92 Å². The fourth-order valence-corrected chi connectivity index (χ4v) is 2.88. The zero-order valence-electron chi connectivity index (χ0n) is 10.8. The molecule has 1 N–H and O–H groups in total. The minimum atomic E-state index is -0.125. The lowest BCUT2D eigenvalue weighted by Gasteiger charge is -2.34. The monoisotopic (exact) mass is 235 g/mol. The van der Waals surface area contributed by atoms with Gasteiger partial charge in [0.25, 0.3) is 0 Å². The van der Waals surface area contributed by atoms with Crippen LogP contribution in [0.4, 0.5) is 4.39 Å². The highest BCUT2D eigenvalue weighted by atomic mass is 19.1. The molecule has 0 amide bonds. The number of hydrogen-bond acceptors (Lipinski definition) is 1. The third-order valence-electron chi connectivity index (χ3n) is 4.13. The Morgan fingerprint density at radius 2 is 2.24 bits per heavy atom. The lowest BCUT2D eigenvalue weighted by molar-refractivity contribution is 0.252. The molecule has 17 heavy (non-hydrogen) atoms. The van der Waals surface area contributed by atoms with Gasteiger partial charge in [-0.25, -0.2) is 4.39 Å². The molecule has 0 bridgehead atoms. The predicted octanol–water partition coefficient (Wildman–Crippen LogP) is 3.54. The predicted molar refractivity (Wildman–Crippen MR) is 69.5 cm³/mol. The van der Waals surface area contributed by atoms with E-state index in [-0.39, 0.29) is 11.4 Å². The Kier molecular flexibility index (Phi) is 3.82. The van der Waals surface area contributed by atoms with E-state index in [9.17, 15) is 4.39 Å². The molecule has 1 aromatic carbocycles. The van der Waals surface area contributed by atoms with E-state index < -0.39 is 0 Å². The van der Waals surface area contributed by atoms with Gasteiger partial charge < -0.3 is 5.32 Å². The van der Waals surface area contributed by atoms with Gasteiger partial charge in [-0.1, -0.05) is 26.0 Å². The van der Waals surface area contributed by atoms with E-state index in [1.807, 2.05) is 6.07 Å². The van der Waals surface area contributed by atoms with Crippen LogP contribution in [-0.4, -0.2) is 12.1 Å². The minimum Gasteiger partial charge on any atom is -0.311 e. The van der Waals surface area contributed by atoms with Crippen molar-refractivity contribution in [1.29, 1.82) is 0 Å². The van der Waals surface area contributed by atoms with Crippen LogP contribution in [0.1, 0.15) is 38.7 Å². The van der Waals surface area contributed by atoms with Crippen LogP contribution < -0.4 is 5.32 Å². The molecular formula is C15H22FN. The first-order valence-corrected chi connectivity index (χ1v) is 6.62. The summed E-state index contributed by atoms with van der Waals surface area (Å²) in [4.78, 5) is 0. The summed E-state index contributed by atoms with van der Waals surface area (Å²) in [5.74, 6) is 0.513. The maximum atomic E-state index is 13.1. The fourth-order valence-electron chi connectivity index (χ4n) is 2.88. The molecule has 1 aliphatic rings. The van der Waals surface area contributed by atoms with Crippen LogP contribution in [0.2, 0.25) is 0 Å². The van der Waals surface area contributed by atoms with Crippen LogP contribution in [0.3, 0.4) is 0 Å². The Morgan fingerprint density at radius 3 is 2.82 bits per heavy atom. The zero-order chi connectivity index (χ0) is 12.3. The first-order chi connectivity index (χ1) is 8.12. The number of nitrogens with one attached hydrogen (secondary N) is 1. The third kappa shape index (κ3) is 2.86. The maximum Gasteiger partial charge on any atom is 0.123 e. The molecule has 2 rings (SSSR count). The molecular weight excluding hydrogens is 213 g/mol. The molecule has 0 saturated carbocycles. The number of halogens is 1. The number of hydrogen-bond donors (Lipinski definition) is 1. The molecule has 0 aliphatic carbocycles. The van der Waals surface area contributed by atoms with Gasteiger partial charge in [0.2, 0.25) is 0 Å². The largest absolute Gasteiger partial charge is 0.311 e. The summed E-state index contributed by atoms with van der Waals surface area (Å²) in [6.45, 7) is 5.69. The third-order valence-corrected chi connectivity index (χ3v) is 4.13. The quantitative estimate of drug-likeness (QED) is 0.841. The van der Waals surface area contributed by atoms with Gasteiger partial charge in [0, 0.05) is 5.54 Å². The Morgan fingerprint density at radius 1 is 1.41 bits per heavy atom. The number of rotatable bonds is 4. The molecule has 94 valence electrons. The van der Waals surface area contributed by atoms with Crippen LogP contribution >= 0.6 is 0 Å². The molecule has 1 heterocycles. The zero-order valence-corrected chi connectivity index (χ0v) is 10.8. The molecule has 1 aromatic rings. The van der Waals surface area contributed by atoms with E-state index in [0.29, 0.717) is 5.92 Å². The van der Waals surface area contributed by atoms with E-state index in [4.69, 9.17) is 0 Å². The van der Waals surface area contributed by atoms with Gasteiger partial charge in [0.15, 0.2) is 0 Å². The first-order valence-electron chi connectivity index (χ1n) is 6.62. The Hall–Kier alpha value is -0.890. The molecule has 1 saturated heterocycles. The van der Waals surface area contributed by atoms with Crippen molar-refractivity contribution < 1.29 is 4.39 Å². The SMILES string of the molecule is CC(C)C1(CCc2cccc(F)c2)CCCN1. The average molecular weight is 235 g/mol. The Bertz CT molecular complexity index is 367. The van der Waals surface area contributed by atoms with Crippen molar-refractivity contribution in [2.75, 3.05) is 6.54 Å². The van der Waals surface area contributed by atoms with Gasteiger partial charge in [-0.05, 0) is 55.8 Å². The molecule has 0 aromatic heterocycles. The second-order valence-electron chi connectivity index (χ2n) is 5.47. The lowest BCUT2D eigenvalue weighted by Crippen LogP contribution is -2.45. The number of aryl methyl sites for hydroxylation is 1. The highest BCUT2D eigenvalue weighted by molar-refractivity contribution is 5.17. The van der Waals surface area contributed by atoms with Crippen LogP contribution in [0.15, 0.2) is 24.3 Å². The second-order valence-corrected chi connectivity index (χ2v) is 5.47. The van der Waals surface area contributed by atoms with E-state index in [1.54, 1.807) is 12.1 Å². The van der Waals surface area contributed by atoms with E-state index in [0.717, 1.165) is 24.9 Å². The van der Waals surface area contributed by atoms with Crippen molar-refractivity contribution in [1.82, 2.24) is 5.32 Å². The van der Waals surface area contributed by atoms with Crippen LogP contribution in [0.5, 0.6) is 0 Å². The van der Waals surface area contributed by atoms with E-state index >= 15 is 0 Å². The van der Waals surface area contributed by atoms with E-state index in [2.05, 4.69) is 19.2 Å². The molecule has 1 nitrogen and oxygen atoms in total. The minimum absolute atomic E-state index is 0.125. The van der Waals surface area contributed by atoms with Gasteiger partial charge in [-0.3, -0.25) is 0 Å². The molecule has 0 spiro atoms. The van der Waals surface area contributed by atoms with Crippen LogP contribution in [0, 0.1) is 11.7 Å². The van der Waals surface area contributed by atoms with E-state index in [1.165, 1.54) is 18.9 Å². The van der Waals surface area contributed by atoms with Crippen LogP contribution in [-0.2, 0) is 6.42 Å². The smallest absolute Gasteiger partial charge is 0.123 e. The standard InChI is InChI=1S/C15H22FN/c1-12(2)15(8-4-10-17-15)9-7-13-5-3-6-14(16)11-13/h3,5-6,11-12,17H,4,7-10H2,1-2H3. The summed E-state index contributed by atoms with van der Waals surface area (Å²) in [5, 5.41) is 3.66. The molecule has 1 unspecified atom stereocenters. The lowest BCUT2D eigenvalue weighted by atomic mass is 9.80. The molecule has 1 atom stereocenters. The summed E-state index contributed by atoms with van der Waals surface area (Å²) >= 11 is 0. The maximum absolute atomic E-state index is 13.1. The van der Waals surface area contributed by atoms with Gasteiger partial charge in [0.05, 0.1) is 0 Å². The fraction of sp³-hybridized carbons (Fsp3) is 0.600. The summed E-state index contributed by atoms with van der Waals surface area (Å²) < 4.78 is 13.1. The number of benzene rings is 1. The highest BCUT2D eigenvalue weighted by Crippen LogP contribution is 2.32. The Labute approximate surface area is 103 Å². The topological polar surface area (TPSA) is 12.0 Å². The van der Waals surface area contributed by atoms with Gasteiger partial charge >= 0.3 is 0 Å². The van der Waals surface area contributed by atoms with Crippen molar-refractivity contribution in [3.8, 4) is 0 Å². The van der Waals surface area contributed by atoms with Crippen molar-refractivity contribution in [2.45, 2.75) is 45.1 Å². The van der Waals surface area contributed by atoms with Crippen molar-refractivity contribution >= 4 is 0 Å². The average Bonchev–Trinajstić information content (AvgIpc) is 2.76. The molecule has 0 radical (unpaired) electrons. The molecule has 2 heteroatoms. The summed E-state index contributed by atoms with van der Waals surface area (Å²) in [6.07, 6.45) is 4.58.